The molecule has 0 unspecified atom stereocenters. The number of anilines is 1. The lowest BCUT2D eigenvalue weighted by atomic mass is 10.2. The van der Waals surface area contributed by atoms with E-state index >= 15 is 0 Å². The van der Waals surface area contributed by atoms with E-state index in [2.05, 4.69) is 21.4 Å². The van der Waals surface area contributed by atoms with Crippen molar-refractivity contribution in [2.45, 2.75) is 0 Å². The number of hydrogen-bond donors (Lipinski definition) is 1. The van der Waals surface area contributed by atoms with Crippen molar-refractivity contribution in [3.05, 3.63) is 30.5 Å². The summed E-state index contributed by atoms with van der Waals surface area (Å²) in [6, 6.07) is 7.97. The van der Waals surface area contributed by atoms with Gasteiger partial charge in [0.25, 0.3) is 0 Å². The second-order valence-electron chi connectivity index (χ2n) is 3.46. The molecule has 0 radical (unpaired) electrons. The number of thioether (sulfide) groups is 1. The first-order valence-electron chi connectivity index (χ1n) is 5.37. The molecule has 1 aromatic carbocycles. The molecule has 1 N–H and O–H groups in total. The van der Waals surface area contributed by atoms with Crippen LogP contribution in [0.5, 0.6) is 0 Å². The van der Waals surface area contributed by atoms with Crippen LogP contribution in [0.2, 0.25) is 0 Å². The van der Waals surface area contributed by atoms with Crippen LogP contribution in [0.3, 0.4) is 0 Å². The highest BCUT2D eigenvalue weighted by Gasteiger charge is 2.00. The summed E-state index contributed by atoms with van der Waals surface area (Å²) in [5.41, 5.74) is 1.94. The smallest absolute Gasteiger partial charge is 0.0950 e. The topological polar surface area (TPSA) is 37.8 Å². The molecule has 0 saturated carbocycles. The molecule has 0 atom stereocenters. The molecule has 0 aliphatic heterocycles. The Hall–Kier alpha value is -1.73. The minimum absolute atomic E-state index is 0.761. The summed E-state index contributed by atoms with van der Waals surface area (Å²) in [7, 11) is 0. The van der Waals surface area contributed by atoms with Gasteiger partial charge in [0, 0.05) is 17.7 Å². The predicted octanol–water partition coefficient (Wildman–Crippen LogP) is 2.41. The van der Waals surface area contributed by atoms with Crippen molar-refractivity contribution >= 4 is 28.4 Å². The molecule has 1 heterocycles. The Bertz CT molecular complexity index is 528. The lowest BCUT2D eigenvalue weighted by Crippen LogP contribution is -2.05. The van der Waals surface area contributed by atoms with Gasteiger partial charge in [0.05, 0.1) is 23.2 Å². The maximum Gasteiger partial charge on any atom is 0.0950 e. The summed E-state index contributed by atoms with van der Waals surface area (Å²) in [6.45, 7) is 0.877. The molecule has 3 nitrogen and oxygen atoms in total. The van der Waals surface area contributed by atoms with E-state index in [4.69, 9.17) is 6.42 Å². The van der Waals surface area contributed by atoms with Crippen molar-refractivity contribution in [2.75, 3.05) is 23.4 Å². The number of fused-ring (bicyclic) bond motifs is 1. The summed E-state index contributed by atoms with van der Waals surface area (Å²) in [5.74, 6) is 4.36. The largest absolute Gasteiger partial charge is 0.382 e. The van der Waals surface area contributed by atoms with E-state index in [0.29, 0.717) is 0 Å². The zero-order valence-corrected chi connectivity index (χ0v) is 10.2. The van der Waals surface area contributed by atoms with Gasteiger partial charge in [-0.3, -0.25) is 0 Å². The van der Waals surface area contributed by atoms with Crippen molar-refractivity contribution < 1.29 is 0 Å². The van der Waals surface area contributed by atoms with Gasteiger partial charge in [-0.25, -0.2) is 0 Å². The summed E-state index contributed by atoms with van der Waals surface area (Å²) >= 11 is 1.74. The van der Waals surface area contributed by atoms with E-state index in [9.17, 15) is 0 Å². The van der Waals surface area contributed by atoms with Crippen LogP contribution in [0.25, 0.3) is 10.9 Å². The normalized spacial score (nSPS) is 10.1. The van der Waals surface area contributed by atoms with E-state index in [1.165, 1.54) is 0 Å². The molecular weight excluding hydrogens is 230 g/mol. The quantitative estimate of drug-likeness (QED) is 0.646. The Kier molecular flexibility index (Phi) is 4.23. The molecule has 17 heavy (non-hydrogen) atoms. The van der Waals surface area contributed by atoms with Crippen LogP contribution in [0.4, 0.5) is 5.69 Å². The Morgan fingerprint density at radius 1 is 1.35 bits per heavy atom. The second-order valence-corrected chi connectivity index (χ2v) is 4.56. The SMILES string of the molecule is C#CCSCCNc1cnnc2ccccc12. The van der Waals surface area contributed by atoms with Gasteiger partial charge in [0.15, 0.2) is 0 Å². The Labute approximate surface area is 105 Å². The fraction of sp³-hybridized carbons (Fsp3) is 0.231. The second kappa shape index (κ2) is 6.12. The number of hydrogen-bond acceptors (Lipinski definition) is 4. The first kappa shape index (κ1) is 11.7. The highest BCUT2D eigenvalue weighted by atomic mass is 32.2. The number of aromatic nitrogens is 2. The van der Waals surface area contributed by atoms with E-state index in [1.807, 2.05) is 24.3 Å². The van der Waals surface area contributed by atoms with E-state index < -0.39 is 0 Å². The van der Waals surface area contributed by atoms with Crippen LogP contribution in [-0.2, 0) is 0 Å². The Morgan fingerprint density at radius 2 is 2.24 bits per heavy atom. The zero-order chi connectivity index (χ0) is 11.9. The van der Waals surface area contributed by atoms with Gasteiger partial charge >= 0.3 is 0 Å². The highest BCUT2D eigenvalue weighted by molar-refractivity contribution is 7.99. The van der Waals surface area contributed by atoms with Crippen LogP contribution >= 0.6 is 11.8 Å². The number of nitrogens with zero attached hydrogens (tertiary/aromatic N) is 2. The molecular formula is C13H13N3S. The lowest BCUT2D eigenvalue weighted by Gasteiger charge is -2.07. The molecule has 2 aromatic rings. The van der Waals surface area contributed by atoms with Gasteiger partial charge in [-0.1, -0.05) is 24.1 Å². The van der Waals surface area contributed by atoms with Gasteiger partial charge in [0.2, 0.25) is 0 Å². The number of benzene rings is 1. The standard InChI is InChI=1S/C13H13N3S/c1-2-8-17-9-7-14-13-10-15-16-12-6-4-3-5-11(12)13/h1,3-6,10H,7-9H2,(H,14,16). The first-order chi connectivity index (χ1) is 8.42. The Balaban J connectivity index is 2.01. The molecule has 0 aliphatic rings. The van der Waals surface area contributed by atoms with Gasteiger partial charge < -0.3 is 5.32 Å². The maximum absolute atomic E-state index is 5.19. The zero-order valence-electron chi connectivity index (χ0n) is 9.39. The number of nitrogens with one attached hydrogen (secondary N) is 1. The third-order valence-electron chi connectivity index (χ3n) is 2.29. The third kappa shape index (κ3) is 3.11. The summed E-state index contributed by atoms with van der Waals surface area (Å²) in [4.78, 5) is 0. The molecule has 86 valence electrons. The average Bonchev–Trinajstić information content (AvgIpc) is 2.39. The first-order valence-corrected chi connectivity index (χ1v) is 6.53. The van der Waals surface area contributed by atoms with Gasteiger partial charge in [-0.2, -0.15) is 10.2 Å². The molecule has 2 rings (SSSR count). The van der Waals surface area contributed by atoms with Crippen LogP contribution in [0.15, 0.2) is 30.5 Å². The molecule has 1 aromatic heterocycles. The lowest BCUT2D eigenvalue weighted by molar-refractivity contribution is 1.07. The van der Waals surface area contributed by atoms with Gasteiger partial charge in [-0.15, -0.1) is 18.2 Å². The van der Waals surface area contributed by atoms with Crippen molar-refractivity contribution in [3.63, 3.8) is 0 Å². The summed E-state index contributed by atoms with van der Waals surface area (Å²) < 4.78 is 0. The van der Waals surface area contributed by atoms with Crippen molar-refractivity contribution in [2.24, 2.45) is 0 Å². The van der Waals surface area contributed by atoms with Crippen molar-refractivity contribution in [1.82, 2.24) is 10.2 Å². The molecule has 0 bridgehead atoms. The maximum atomic E-state index is 5.19. The predicted molar refractivity (Wildman–Crippen MR) is 74.2 cm³/mol. The highest BCUT2D eigenvalue weighted by Crippen LogP contribution is 2.19. The molecule has 4 heteroatoms. The average molecular weight is 243 g/mol. The van der Waals surface area contributed by atoms with Crippen LogP contribution < -0.4 is 5.32 Å². The minimum atomic E-state index is 0.761. The Morgan fingerprint density at radius 3 is 3.12 bits per heavy atom. The number of rotatable bonds is 5. The van der Waals surface area contributed by atoms with Gasteiger partial charge in [-0.05, 0) is 6.07 Å². The fourth-order valence-corrected chi connectivity index (χ4v) is 2.05. The van der Waals surface area contributed by atoms with Crippen LogP contribution in [0, 0.1) is 12.3 Å². The molecule has 0 fully saturated rings. The minimum Gasteiger partial charge on any atom is -0.382 e. The number of terminal acetylenes is 1. The monoisotopic (exact) mass is 243 g/mol. The third-order valence-corrected chi connectivity index (χ3v) is 3.16. The molecule has 0 spiro atoms. The van der Waals surface area contributed by atoms with Crippen molar-refractivity contribution in [1.29, 1.82) is 0 Å². The summed E-state index contributed by atoms with van der Waals surface area (Å²) in [5, 5.41) is 12.5. The van der Waals surface area contributed by atoms with E-state index in [-0.39, 0.29) is 0 Å². The van der Waals surface area contributed by atoms with Gasteiger partial charge in [0.1, 0.15) is 0 Å². The summed E-state index contributed by atoms with van der Waals surface area (Å²) in [6.07, 6.45) is 6.94. The molecule has 0 aliphatic carbocycles. The molecule has 0 saturated heterocycles. The van der Waals surface area contributed by atoms with E-state index in [0.717, 1.165) is 34.6 Å². The van der Waals surface area contributed by atoms with E-state index in [1.54, 1.807) is 18.0 Å². The molecule has 0 amide bonds. The fourth-order valence-electron chi connectivity index (χ4n) is 1.54. The van der Waals surface area contributed by atoms with Crippen molar-refractivity contribution in [3.8, 4) is 12.3 Å². The van der Waals surface area contributed by atoms with Crippen LogP contribution in [0.1, 0.15) is 0 Å². The van der Waals surface area contributed by atoms with Crippen LogP contribution in [-0.4, -0.2) is 28.2 Å².